The third-order valence-electron chi connectivity index (χ3n) is 4.38. The molecule has 0 aromatic heterocycles. The van der Waals surface area contributed by atoms with E-state index >= 15 is 0 Å². The summed E-state index contributed by atoms with van der Waals surface area (Å²) in [5.41, 5.74) is 4.92. The molecule has 0 atom stereocenters. The highest BCUT2D eigenvalue weighted by Crippen LogP contribution is 2.26. The average molecular weight is 308 g/mol. The van der Waals surface area contributed by atoms with E-state index in [4.69, 9.17) is 0 Å². The second kappa shape index (κ2) is 7.42. The predicted molar refractivity (Wildman–Crippen MR) is 94.6 cm³/mol. The third-order valence-corrected chi connectivity index (χ3v) is 4.38. The molecular formula is C20H24N2O. The monoisotopic (exact) mass is 308 g/mol. The third kappa shape index (κ3) is 3.99. The Kier molecular flexibility index (Phi) is 5.09. The van der Waals surface area contributed by atoms with E-state index in [2.05, 4.69) is 54.7 Å². The number of aryl methyl sites for hydroxylation is 2. The van der Waals surface area contributed by atoms with Crippen molar-refractivity contribution in [2.75, 3.05) is 18.0 Å². The zero-order valence-electron chi connectivity index (χ0n) is 13.7. The lowest BCUT2D eigenvalue weighted by Crippen LogP contribution is -2.36. The van der Waals surface area contributed by atoms with Gasteiger partial charge >= 0.3 is 0 Å². The lowest BCUT2D eigenvalue weighted by atomic mass is 10.0. The smallest absolute Gasteiger partial charge is 0.228 e. The Hall–Kier alpha value is -2.13. The largest absolute Gasteiger partial charge is 0.312 e. The molecule has 1 heterocycles. The summed E-state index contributed by atoms with van der Waals surface area (Å²) in [7, 11) is 0. The number of rotatable bonds is 5. The molecule has 2 aromatic carbocycles. The summed E-state index contributed by atoms with van der Waals surface area (Å²) in [6.07, 6.45) is 2.67. The van der Waals surface area contributed by atoms with Crippen LogP contribution in [0, 0.1) is 6.92 Å². The van der Waals surface area contributed by atoms with Gasteiger partial charge in [-0.2, -0.15) is 0 Å². The molecule has 3 nitrogen and oxygen atoms in total. The molecule has 0 radical (unpaired) electrons. The van der Waals surface area contributed by atoms with Crippen LogP contribution in [0.3, 0.4) is 0 Å². The average Bonchev–Trinajstić information content (AvgIpc) is 2.59. The second-order valence-electron chi connectivity index (χ2n) is 6.19. The highest BCUT2D eigenvalue weighted by atomic mass is 16.2. The van der Waals surface area contributed by atoms with Crippen molar-refractivity contribution in [2.45, 2.75) is 32.7 Å². The van der Waals surface area contributed by atoms with Crippen LogP contribution in [-0.2, 0) is 17.8 Å². The van der Waals surface area contributed by atoms with Gasteiger partial charge in [0.2, 0.25) is 5.91 Å². The number of hydrogen-bond donors (Lipinski definition) is 1. The normalized spacial score (nSPS) is 13.7. The van der Waals surface area contributed by atoms with Crippen LogP contribution in [-0.4, -0.2) is 19.0 Å². The van der Waals surface area contributed by atoms with Crippen LogP contribution in [0.5, 0.6) is 0 Å². The van der Waals surface area contributed by atoms with Gasteiger partial charge in [0.05, 0.1) is 0 Å². The van der Waals surface area contributed by atoms with Gasteiger partial charge in [0, 0.05) is 31.7 Å². The number of fused-ring (bicyclic) bond motifs is 1. The minimum atomic E-state index is 0.216. The van der Waals surface area contributed by atoms with E-state index in [1.807, 2.05) is 11.0 Å². The molecule has 3 heteroatoms. The zero-order valence-corrected chi connectivity index (χ0v) is 13.7. The SMILES string of the molecule is Cc1ccc(CNCCC(=O)N2CCCc3ccccc32)cc1. The molecule has 2 aromatic rings. The first-order valence-corrected chi connectivity index (χ1v) is 8.38. The molecule has 23 heavy (non-hydrogen) atoms. The standard InChI is InChI=1S/C20H24N2O/c1-16-8-10-17(11-9-16)15-21-13-12-20(23)22-14-4-6-18-5-2-3-7-19(18)22/h2-3,5,7-11,21H,4,6,12-15H2,1H3. The number of anilines is 1. The maximum absolute atomic E-state index is 12.5. The van der Waals surface area contributed by atoms with Crippen molar-refractivity contribution in [2.24, 2.45) is 0 Å². The topological polar surface area (TPSA) is 32.3 Å². The number of carbonyl (C=O) groups excluding carboxylic acids is 1. The maximum atomic E-state index is 12.5. The first kappa shape index (κ1) is 15.8. The molecule has 1 N–H and O–H groups in total. The van der Waals surface area contributed by atoms with E-state index in [9.17, 15) is 4.79 Å². The Morgan fingerprint density at radius 2 is 1.91 bits per heavy atom. The number of benzene rings is 2. The number of nitrogens with one attached hydrogen (secondary N) is 1. The number of amides is 1. The van der Waals surface area contributed by atoms with Crippen molar-refractivity contribution in [3.05, 3.63) is 65.2 Å². The summed E-state index contributed by atoms with van der Waals surface area (Å²) in [6, 6.07) is 16.8. The summed E-state index contributed by atoms with van der Waals surface area (Å²) in [6.45, 7) is 4.45. The van der Waals surface area contributed by atoms with Crippen molar-refractivity contribution in [3.8, 4) is 0 Å². The van der Waals surface area contributed by atoms with Gasteiger partial charge in [-0.05, 0) is 37.0 Å². The van der Waals surface area contributed by atoms with Crippen molar-refractivity contribution >= 4 is 11.6 Å². The highest BCUT2D eigenvalue weighted by molar-refractivity contribution is 5.94. The molecule has 1 aliphatic heterocycles. The zero-order chi connectivity index (χ0) is 16.1. The fraction of sp³-hybridized carbons (Fsp3) is 0.350. The molecule has 3 rings (SSSR count). The van der Waals surface area contributed by atoms with Crippen LogP contribution in [0.1, 0.15) is 29.5 Å². The molecule has 1 aliphatic rings. The molecule has 0 fully saturated rings. The lowest BCUT2D eigenvalue weighted by molar-refractivity contribution is -0.118. The Morgan fingerprint density at radius 3 is 2.74 bits per heavy atom. The van der Waals surface area contributed by atoms with Gasteiger partial charge in [-0.3, -0.25) is 4.79 Å². The van der Waals surface area contributed by atoms with Gasteiger partial charge in [0.1, 0.15) is 0 Å². The van der Waals surface area contributed by atoms with Gasteiger partial charge in [-0.1, -0.05) is 48.0 Å². The van der Waals surface area contributed by atoms with Crippen molar-refractivity contribution in [3.63, 3.8) is 0 Å². The van der Waals surface area contributed by atoms with E-state index in [1.54, 1.807) is 0 Å². The molecule has 120 valence electrons. The van der Waals surface area contributed by atoms with Crippen LogP contribution in [0.4, 0.5) is 5.69 Å². The van der Waals surface area contributed by atoms with Crippen molar-refractivity contribution in [1.29, 1.82) is 0 Å². The van der Waals surface area contributed by atoms with Crippen molar-refractivity contribution in [1.82, 2.24) is 5.32 Å². The predicted octanol–water partition coefficient (Wildman–Crippen LogP) is 3.45. The minimum Gasteiger partial charge on any atom is -0.312 e. The van der Waals surface area contributed by atoms with E-state index in [0.717, 1.165) is 31.6 Å². The second-order valence-corrected chi connectivity index (χ2v) is 6.19. The lowest BCUT2D eigenvalue weighted by Gasteiger charge is -2.29. The Bertz CT molecular complexity index is 664. The fourth-order valence-electron chi connectivity index (χ4n) is 3.06. The van der Waals surface area contributed by atoms with E-state index in [0.29, 0.717) is 13.0 Å². The fourth-order valence-corrected chi connectivity index (χ4v) is 3.06. The van der Waals surface area contributed by atoms with Crippen LogP contribution in [0.15, 0.2) is 48.5 Å². The molecular weight excluding hydrogens is 284 g/mol. The molecule has 0 unspecified atom stereocenters. The first-order valence-electron chi connectivity index (χ1n) is 8.38. The Labute approximate surface area is 138 Å². The van der Waals surface area contributed by atoms with E-state index < -0.39 is 0 Å². The summed E-state index contributed by atoms with van der Waals surface area (Å²) in [5, 5.41) is 3.37. The number of hydrogen-bond acceptors (Lipinski definition) is 2. The van der Waals surface area contributed by atoms with E-state index in [1.165, 1.54) is 16.7 Å². The van der Waals surface area contributed by atoms with E-state index in [-0.39, 0.29) is 5.91 Å². The van der Waals surface area contributed by atoms with Gasteiger partial charge < -0.3 is 10.2 Å². The van der Waals surface area contributed by atoms with Crippen LogP contribution in [0.25, 0.3) is 0 Å². The van der Waals surface area contributed by atoms with Gasteiger partial charge in [0.15, 0.2) is 0 Å². The molecule has 0 spiro atoms. The van der Waals surface area contributed by atoms with Crippen LogP contribution < -0.4 is 10.2 Å². The minimum absolute atomic E-state index is 0.216. The van der Waals surface area contributed by atoms with Crippen molar-refractivity contribution < 1.29 is 4.79 Å². The summed E-state index contributed by atoms with van der Waals surface area (Å²) in [4.78, 5) is 14.5. The number of nitrogens with zero attached hydrogens (tertiary/aromatic N) is 1. The van der Waals surface area contributed by atoms with Gasteiger partial charge in [0.25, 0.3) is 0 Å². The molecule has 0 aliphatic carbocycles. The van der Waals surface area contributed by atoms with Gasteiger partial charge in [-0.25, -0.2) is 0 Å². The maximum Gasteiger partial charge on any atom is 0.228 e. The number of para-hydroxylation sites is 1. The first-order chi connectivity index (χ1) is 11.2. The summed E-state index contributed by atoms with van der Waals surface area (Å²) >= 11 is 0. The van der Waals surface area contributed by atoms with Gasteiger partial charge in [-0.15, -0.1) is 0 Å². The quantitative estimate of drug-likeness (QED) is 0.858. The summed E-state index contributed by atoms with van der Waals surface area (Å²) in [5.74, 6) is 0.216. The molecule has 1 amide bonds. The Balaban J connectivity index is 1.49. The summed E-state index contributed by atoms with van der Waals surface area (Å²) < 4.78 is 0. The number of carbonyl (C=O) groups is 1. The highest BCUT2D eigenvalue weighted by Gasteiger charge is 2.21. The Morgan fingerprint density at radius 1 is 1.13 bits per heavy atom. The van der Waals surface area contributed by atoms with Crippen LogP contribution >= 0.6 is 0 Å². The molecule has 0 saturated heterocycles. The molecule has 0 bridgehead atoms. The van der Waals surface area contributed by atoms with Crippen LogP contribution in [0.2, 0.25) is 0 Å². The molecule has 0 saturated carbocycles.